The molecule has 0 radical (unpaired) electrons. The van der Waals surface area contributed by atoms with Crippen LogP contribution >= 0.6 is 11.8 Å². The van der Waals surface area contributed by atoms with E-state index in [1.54, 1.807) is 24.8 Å². The molecule has 1 aromatic heterocycles. The quantitative estimate of drug-likeness (QED) is 0.911. The third-order valence-corrected chi connectivity index (χ3v) is 4.24. The number of hydrogen-bond acceptors (Lipinski definition) is 4. The van der Waals surface area contributed by atoms with Crippen LogP contribution in [-0.2, 0) is 10.5 Å². The van der Waals surface area contributed by atoms with Crippen molar-refractivity contribution < 1.29 is 9.32 Å². The van der Waals surface area contributed by atoms with Crippen molar-refractivity contribution in [2.75, 3.05) is 5.32 Å². The van der Waals surface area contributed by atoms with Gasteiger partial charge in [0.25, 0.3) is 0 Å². The smallest absolute Gasteiger partial charge is 0.238 e. The average molecular weight is 304 g/mol. The van der Waals surface area contributed by atoms with Crippen molar-refractivity contribution in [3.05, 3.63) is 46.7 Å². The number of rotatable bonds is 5. The van der Waals surface area contributed by atoms with Gasteiger partial charge in [-0.05, 0) is 33.3 Å². The zero-order chi connectivity index (χ0) is 15.4. The summed E-state index contributed by atoms with van der Waals surface area (Å²) in [6.07, 6.45) is 0. The monoisotopic (exact) mass is 304 g/mol. The molecule has 5 heteroatoms. The number of amides is 1. The van der Waals surface area contributed by atoms with E-state index in [2.05, 4.69) is 42.5 Å². The minimum absolute atomic E-state index is 0.0577. The van der Waals surface area contributed by atoms with E-state index in [1.165, 1.54) is 16.7 Å². The van der Waals surface area contributed by atoms with Crippen molar-refractivity contribution in [2.45, 2.75) is 38.7 Å². The Balaban J connectivity index is 1.88. The highest BCUT2D eigenvalue weighted by molar-refractivity contribution is 7.99. The zero-order valence-corrected chi connectivity index (χ0v) is 13.6. The van der Waals surface area contributed by atoms with Crippen LogP contribution in [0.15, 0.2) is 28.8 Å². The Morgan fingerprint density at radius 3 is 2.48 bits per heavy atom. The van der Waals surface area contributed by atoms with Crippen LogP contribution in [0.4, 0.5) is 5.82 Å². The summed E-state index contributed by atoms with van der Waals surface area (Å²) in [5, 5.41) is 6.37. The van der Waals surface area contributed by atoms with Crippen LogP contribution < -0.4 is 5.32 Å². The molecule has 1 unspecified atom stereocenters. The number of nitrogens with one attached hydrogen (secondary N) is 1. The minimum Gasteiger partial charge on any atom is -0.360 e. The Morgan fingerprint density at radius 2 is 1.90 bits per heavy atom. The van der Waals surface area contributed by atoms with E-state index in [-0.39, 0.29) is 11.2 Å². The first-order chi connectivity index (χ1) is 9.94. The highest BCUT2D eigenvalue weighted by Crippen LogP contribution is 2.21. The molecular weight excluding hydrogens is 284 g/mol. The van der Waals surface area contributed by atoms with Crippen molar-refractivity contribution in [2.24, 2.45) is 0 Å². The van der Waals surface area contributed by atoms with E-state index in [4.69, 9.17) is 4.52 Å². The number of benzene rings is 1. The maximum absolute atomic E-state index is 12.1. The molecule has 1 atom stereocenters. The molecular formula is C16H20N2O2S. The minimum atomic E-state index is -0.150. The SMILES string of the molecule is Cc1cc(C)cc(CSC(C)C(=O)Nc2cc(C)on2)c1. The fraction of sp³-hybridized carbons (Fsp3) is 0.375. The highest BCUT2D eigenvalue weighted by Gasteiger charge is 2.15. The molecule has 112 valence electrons. The van der Waals surface area contributed by atoms with E-state index in [9.17, 15) is 4.79 Å². The number of carbonyl (C=O) groups excluding carboxylic acids is 1. The topological polar surface area (TPSA) is 55.1 Å². The number of anilines is 1. The van der Waals surface area contributed by atoms with Gasteiger partial charge < -0.3 is 9.84 Å². The molecule has 0 aliphatic carbocycles. The third-order valence-electron chi connectivity index (χ3n) is 3.03. The molecule has 1 N–H and O–H groups in total. The molecule has 1 heterocycles. The van der Waals surface area contributed by atoms with Gasteiger partial charge in [-0.25, -0.2) is 0 Å². The molecule has 21 heavy (non-hydrogen) atoms. The summed E-state index contributed by atoms with van der Waals surface area (Å²) in [6, 6.07) is 8.17. The molecule has 0 saturated carbocycles. The largest absolute Gasteiger partial charge is 0.360 e. The molecule has 4 nitrogen and oxygen atoms in total. The van der Waals surface area contributed by atoms with E-state index in [0.29, 0.717) is 11.6 Å². The van der Waals surface area contributed by atoms with E-state index < -0.39 is 0 Å². The Morgan fingerprint density at radius 1 is 1.24 bits per heavy atom. The first kappa shape index (κ1) is 15.6. The predicted molar refractivity (Wildman–Crippen MR) is 86.5 cm³/mol. The van der Waals surface area contributed by atoms with Gasteiger partial charge in [-0.3, -0.25) is 4.79 Å². The van der Waals surface area contributed by atoms with Gasteiger partial charge in [0, 0.05) is 11.8 Å². The van der Waals surface area contributed by atoms with Crippen LogP contribution in [0.5, 0.6) is 0 Å². The van der Waals surface area contributed by atoms with Crippen LogP contribution in [0.1, 0.15) is 29.4 Å². The summed E-state index contributed by atoms with van der Waals surface area (Å²) in [7, 11) is 0. The van der Waals surface area contributed by atoms with Crippen LogP contribution in [0.25, 0.3) is 0 Å². The second-order valence-electron chi connectivity index (χ2n) is 5.26. The lowest BCUT2D eigenvalue weighted by Gasteiger charge is -2.11. The molecule has 1 aromatic carbocycles. The van der Waals surface area contributed by atoms with Gasteiger partial charge in [-0.1, -0.05) is 34.5 Å². The highest BCUT2D eigenvalue weighted by atomic mass is 32.2. The number of aromatic nitrogens is 1. The number of thioether (sulfide) groups is 1. The Labute approximate surface area is 129 Å². The first-order valence-electron chi connectivity index (χ1n) is 6.87. The number of hydrogen-bond donors (Lipinski definition) is 1. The van der Waals surface area contributed by atoms with Crippen LogP contribution in [0, 0.1) is 20.8 Å². The molecule has 0 spiro atoms. The molecule has 0 aliphatic heterocycles. The fourth-order valence-electron chi connectivity index (χ4n) is 2.10. The van der Waals surface area contributed by atoms with Crippen LogP contribution in [0.3, 0.4) is 0 Å². The Kier molecular flexibility index (Phi) is 5.07. The van der Waals surface area contributed by atoms with E-state index in [1.807, 2.05) is 6.92 Å². The number of carbonyl (C=O) groups is 1. The van der Waals surface area contributed by atoms with Crippen molar-refractivity contribution >= 4 is 23.5 Å². The summed E-state index contributed by atoms with van der Waals surface area (Å²) < 4.78 is 4.93. The molecule has 0 bridgehead atoms. The lowest BCUT2D eigenvalue weighted by molar-refractivity contribution is -0.115. The van der Waals surface area contributed by atoms with Gasteiger partial charge >= 0.3 is 0 Å². The summed E-state index contributed by atoms with van der Waals surface area (Å²) in [5.74, 6) is 1.91. The van der Waals surface area contributed by atoms with Gasteiger partial charge in [-0.2, -0.15) is 0 Å². The predicted octanol–water partition coefficient (Wildman–Crippen LogP) is 3.86. The summed E-state index contributed by atoms with van der Waals surface area (Å²) in [6.45, 7) is 7.87. The van der Waals surface area contributed by atoms with Gasteiger partial charge in [0.05, 0.1) is 5.25 Å². The normalized spacial score (nSPS) is 12.2. The average Bonchev–Trinajstić information content (AvgIpc) is 2.80. The number of aryl methyl sites for hydroxylation is 3. The van der Waals surface area contributed by atoms with Crippen LogP contribution in [0.2, 0.25) is 0 Å². The lowest BCUT2D eigenvalue weighted by Crippen LogP contribution is -2.22. The van der Waals surface area contributed by atoms with Crippen molar-refractivity contribution in [3.8, 4) is 0 Å². The maximum atomic E-state index is 12.1. The number of nitrogens with zero attached hydrogens (tertiary/aromatic N) is 1. The van der Waals surface area contributed by atoms with Gasteiger partial charge in [0.2, 0.25) is 5.91 Å². The van der Waals surface area contributed by atoms with Crippen LogP contribution in [-0.4, -0.2) is 16.3 Å². The van der Waals surface area contributed by atoms with Gasteiger partial charge in [0.15, 0.2) is 5.82 Å². The fourth-order valence-corrected chi connectivity index (χ4v) is 2.92. The molecule has 0 saturated heterocycles. The second-order valence-corrected chi connectivity index (χ2v) is 6.59. The van der Waals surface area contributed by atoms with Crippen molar-refractivity contribution in [1.29, 1.82) is 0 Å². The standard InChI is InChI=1S/C16H20N2O2S/c1-10-5-11(2)7-14(6-10)9-21-13(4)16(19)17-15-8-12(3)20-18-15/h5-8,13H,9H2,1-4H3,(H,17,18,19). The van der Waals surface area contributed by atoms with Crippen molar-refractivity contribution in [3.63, 3.8) is 0 Å². The van der Waals surface area contributed by atoms with Gasteiger partial charge in [0.1, 0.15) is 5.76 Å². The molecule has 0 fully saturated rings. The molecule has 2 aromatic rings. The second kappa shape index (κ2) is 6.80. The van der Waals surface area contributed by atoms with E-state index in [0.717, 1.165) is 5.75 Å². The third kappa shape index (κ3) is 4.63. The Bertz CT molecular complexity index is 617. The molecule has 2 rings (SSSR count). The summed E-state index contributed by atoms with van der Waals surface area (Å²) >= 11 is 1.61. The Hall–Kier alpha value is -1.75. The van der Waals surface area contributed by atoms with Gasteiger partial charge in [-0.15, -0.1) is 11.8 Å². The molecule has 1 amide bonds. The maximum Gasteiger partial charge on any atom is 0.238 e. The first-order valence-corrected chi connectivity index (χ1v) is 7.92. The summed E-state index contributed by atoms with van der Waals surface area (Å²) in [5.41, 5.74) is 3.75. The van der Waals surface area contributed by atoms with E-state index >= 15 is 0 Å². The molecule has 0 aliphatic rings. The zero-order valence-electron chi connectivity index (χ0n) is 12.8. The summed E-state index contributed by atoms with van der Waals surface area (Å²) in [4.78, 5) is 12.1. The van der Waals surface area contributed by atoms with Crippen molar-refractivity contribution in [1.82, 2.24) is 5.16 Å². The lowest BCUT2D eigenvalue weighted by atomic mass is 10.1.